The van der Waals surface area contributed by atoms with Crippen molar-refractivity contribution >= 4 is 29.7 Å². The number of rotatable bonds is 12. The molecule has 0 radical (unpaired) electrons. The van der Waals surface area contributed by atoms with Crippen molar-refractivity contribution in [2.24, 2.45) is 5.73 Å². The number of nitrogens with two attached hydrogens (primary N) is 1. The molecule has 0 spiro atoms. The molecule has 10 N–H and O–H groups in total. The van der Waals surface area contributed by atoms with Crippen molar-refractivity contribution in [3.05, 3.63) is 0 Å². The van der Waals surface area contributed by atoms with Gasteiger partial charge in [-0.2, -0.15) is 0 Å². The molecule has 0 rings (SSSR count). The van der Waals surface area contributed by atoms with E-state index >= 15 is 0 Å². The van der Waals surface area contributed by atoms with Gasteiger partial charge in [0.15, 0.2) is 0 Å². The van der Waals surface area contributed by atoms with E-state index in [0.29, 0.717) is 0 Å². The van der Waals surface area contributed by atoms with Crippen molar-refractivity contribution in [3.63, 3.8) is 0 Å². The Morgan fingerprint density at radius 3 is 1.59 bits per heavy atom. The van der Waals surface area contributed by atoms with E-state index in [1.807, 2.05) is 16.0 Å². The summed E-state index contributed by atoms with van der Waals surface area (Å²) in [6.45, 7) is 1.28. The molecule has 0 aliphatic carbocycles. The van der Waals surface area contributed by atoms with Gasteiger partial charge in [0.2, 0.25) is 17.7 Å². The minimum Gasteiger partial charge on any atom is -0.481 e. The summed E-state index contributed by atoms with van der Waals surface area (Å²) in [5, 5.41) is 51.9. The van der Waals surface area contributed by atoms with E-state index in [1.165, 1.54) is 0 Å². The molecule has 0 saturated heterocycles. The van der Waals surface area contributed by atoms with Crippen molar-refractivity contribution in [1.29, 1.82) is 0 Å². The number of nitrogens with one attached hydrogen (secondary N) is 3. The molecule has 14 nitrogen and oxygen atoms in total. The van der Waals surface area contributed by atoms with Crippen LogP contribution in [0.5, 0.6) is 0 Å². The van der Waals surface area contributed by atoms with Crippen molar-refractivity contribution in [2.45, 2.75) is 56.6 Å². The summed E-state index contributed by atoms with van der Waals surface area (Å²) < 4.78 is 0. The molecule has 6 unspecified atom stereocenters. The van der Waals surface area contributed by atoms with Gasteiger partial charge in [-0.15, -0.1) is 0 Å². The predicted octanol–water partition coefficient (Wildman–Crippen LogP) is -4.92. The first-order valence-electron chi connectivity index (χ1n) is 8.40. The second-order valence-electron chi connectivity index (χ2n) is 6.24. The average Bonchev–Trinajstić information content (AvgIpc) is 2.59. The Hall–Kier alpha value is -2.81. The van der Waals surface area contributed by atoms with E-state index in [4.69, 9.17) is 21.1 Å². The standard InChI is InChI=1S/C15H26N4O10/c1-5(21)10(13(26)17-8(4-20)15(28)29)19-14(27)11(6(2)22)18-12(25)7(16)3-9(23)24/h5-8,10-11,20-22H,3-4,16H2,1-2H3,(H,17,26)(H,18,25)(H,19,27)(H,23,24)(H,28,29). The quantitative estimate of drug-likeness (QED) is 0.144. The summed E-state index contributed by atoms with van der Waals surface area (Å²) in [5.74, 6) is -6.26. The van der Waals surface area contributed by atoms with Crippen LogP contribution >= 0.6 is 0 Å². The summed E-state index contributed by atoms with van der Waals surface area (Å²) in [7, 11) is 0. The van der Waals surface area contributed by atoms with E-state index in [0.717, 1.165) is 13.8 Å². The van der Waals surface area contributed by atoms with Gasteiger partial charge in [-0.25, -0.2) is 4.79 Å². The van der Waals surface area contributed by atoms with Crippen LogP contribution in [0.4, 0.5) is 0 Å². The first-order chi connectivity index (χ1) is 13.3. The summed E-state index contributed by atoms with van der Waals surface area (Å²) in [5.41, 5.74) is 5.37. The van der Waals surface area contributed by atoms with E-state index in [9.17, 15) is 34.2 Å². The number of aliphatic hydroxyl groups excluding tert-OH is 3. The summed E-state index contributed by atoms with van der Waals surface area (Å²) in [4.78, 5) is 57.9. The lowest BCUT2D eigenvalue weighted by atomic mass is 10.1. The van der Waals surface area contributed by atoms with Crippen LogP contribution < -0.4 is 21.7 Å². The van der Waals surface area contributed by atoms with Crippen LogP contribution in [-0.2, 0) is 24.0 Å². The van der Waals surface area contributed by atoms with Crippen LogP contribution in [0.2, 0.25) is 0 Å². The van der Waals surface area contributed by atoms with E-state index in [2.05, 4.69) is 0 Å². The minimum absolute atomic E-state index is 0.740. The molecule has 0 aromatic rings. The smallest absolute Gasteiger partial charge is 0.328 e. The van der Waals surface area contributed by atoms with E-state index in [-0.39, 0.29) is 0 Å². The SMILES string of the molecule is CC(O)C(NC(=O)C(N)CC(=O)O)C(=O)NC(C(=O)NC(CO)C(=O)O)C(C)O. The van der Waals surface area contributed by atoms with Crippen LogP contribution in [-0.4, -0.2) is 98.2 Å². The maximum absolute atomic E-state index is 12.4. The van der Waals surface area contributed by atoms with Gasteiger partial charge in [0.25, 0.3) is 0 Å². The monoisotopic (exact) mass is 422 g/mol. The Morgan fingerprint density at radius 1 is 0.828 bits per heavy atom. The Labute approximate surface area is 165 Å². The first kappa shape index (κ1) is 26.2. The molecular weight excluding hydrogens is 396 g/mol. The molecule has 0 aliphatic heterocycles. The van der Waals surface area contributed by atoms with Gasteiger partial charge >= 0.3 is 11.9 Å². The van der Waals surface area contributed by atoms with Crippen LogP contribution in [0.25, 0.3) is 0 Å². The summed E-state index contributed by atoms with van der Waals surface area (Å²) >= 11 is 0. The molecule has 29 heavy (non-hydrogen) atoms. The molecule has 0 bridgehead atoms. The van der Waals surface area contributed by atoms with Gasteiger partial charge in [-0.1, -0.05) is 0 Å². The topological polar surface area (TPSA) is 249 Å². The maximum Gasteiger partial charge on any atom is 0.328 e. The maximum atomic E-state index is 12.4. The van der Waals surface area contributed by atoms with Crippen LogP contribution in [0.15, 0.2) is 0 Å². The second-order valence-corrected chi connectivity index (χ2v) is 6.24. The Balaban J connectivity index is 5.28. The molecule has 0 aromatic heterocycles. The fourth-order valence-electron chi connectivity index (χ4n) is 2.04. The van der Waals surface area contributed by atoms with Gasteiger partial charge in [0.1, 0.15) is 18.1 Å². The Bertz CT molecular complexity index is 624. The molecule has 6 atom stereocenters. The van der Waals surface area contributed by atoms with E-state index in [1.54, 1.807) is 0 Å². The predicted molar refractivity (Wildman–Crippen MR) is 94.1 cm³/mol. The molecule has 14 heteroatoms. The lowest BCUT2D eigenvalue weighted by Gasteiger charge is -2.27. The lowest BCUT2D eigenvalue weighted by molar-refractivity contribution is -0.144. The largest absolute Gasteiger partial charge is 0.481 e. The fraction of sp³-hybridized carbons (Fsp3) is 0.667. The summed E-state index contributed by atoms with van der Waals surface area (Å²) in [6, 6.07) is -6.56. The number of carboxylic acids is 2. The number of hydrogen-bond donors (Lipinski definition) is 9. The second kappa shape index (κ2) is 11.9. The Morgan fingerprint density at radius 2 is 1.24 bits per heavy atom. The molecule has 0 fully saturated rings. The zero-order chi connectivity index (χ0) is 22.9. The van der Waals surface area contributed by atoms with Crippen LogP contribution in [0.1, 0.15) is 20.3 Å². The van der Waals surface area contributed by atoms with Crippen molar-refractivity contribution < 1.29 is 49.5 Å². The number of carboxylic acid groups (broad SMARTS) is 2. The Kier molecular flexibility index (Phi) is 10.7. The lowest BCUT2D eigenvalue weighted by Crippen LogP contribution is -2.62. The normalized spacial score (nSPS) is 17.0. The minimum atomic E-state index is -1.69. The van der Waals surface area contributed by atoms with E-state index < -0.39 is 79.1 Å². The molecular formula is C15H26N4O10. The van der Waals surface area contributed by atoms with Gasteiger partial charge < -0.3 is 47.2 Å². The zero-order valence-electron chi connectivity index (χ0n) is 15.7. The fourth-order valence-corrected chi connectivity index (χ4v) is 2.04. The highest BCUT2D eigenvalue weighted by Gasteiger charge is 2.34. The molecule has 0 saturated carbocycles. The van der Waals surface area contributed by atoms with Crippen molar-refractivity contribution in [1.82, 2.24) is 16.0 Å². The van der Waals surface area contributed by atoms with Crippen LogP contribution in [0.3, 0.4) is 0 Å². The third kappa shape index (κ3) is 8.82. The number of carbonyl (C=O) groups excluding carboxylic acids is 3. The number of amides is 3. The van der Waals surface area contributed by atoms with Gasteiger partial charge in [0, 0.05) is 0 Å². The van der Waals surface area contributed by atoms with Gasteiger partial charge in [-0.3, -0.25) is 19.2 Å². The van der Waals surface area contributed by atoms with Gasteiger partial charge in [-0.05, 0) is 13.8 Å². The number of hydrogen-bond acceptors (Lipinski definition) is 9. The van der Waals surface area contributed by atoms with Crippen molar-refractivity contribution in [3.8, 4) is 0 Å². The molecule has 0 aromatic carbocycles. The highest BCUT2D eigenvalue weighted by atomic mass is 16.4. The summed E-state index contributed by atoms with van der Waals surface area (Å²) in [6.07, 6.45) is -3.76. The number of carbonyl (C=O) groups is 5. The van der Waals surface area contributed by atoms with Gasteiger partial charge in [0.05, 0.1) is 31.3 Å². The average molecular weight is 422 g/mol. The number of aliphatic carboxylic acids is 2. The molecule has 166 valence electrons. The first-order valence-corrected chi connectivity index (χ1v) is 8.40. The highest BCUT2D eigenvalue weighted by molar-refractivity contribution is 5.95. The third-order valence-corrected chi connectivity index (χ3v) is 3.65. The highest BCUT2D eigenvalue weighted by Crippen LogP contribution is 2.01. The van der Waals surface area contributed by atoms with Crippen LogP contribution in [0, 0.1) is 0 Å². The molecule has 3 amide bonds. The van der Waals surface area contributed by atoms with Crippen molar-refractivity contribution in [2.75, 3.05) is 6.61 Å². The molecule has 0 heterocycles. The molecule has 0 aliphatic rings. The third-order valence-electron chi connectivity index (χ3n) is 3.65. The number of aliphatic hydroxyl groups is 3. The zero-order valence-corrected chi connectivity index (χ0v) is 15.7.